The molecule has 0 spiro atoms. The van der Waals surface area contributed by atoms with E-state index in [9.17, 15) is 19.7 Å². The summed E-state index contributed by atoms with van der Waals surface area (Å²) in [7, 11) is 0. The van der Waals surface area contributed by atoms with E-state index in [1.54, 1.807) is 6.92 Å². The summed E-state index contributed by atoms with van der Waals surface area (Å²) in [6.07, 6.45) is -0.697. The van der Waals surface area contributed by atoms with Gasteiger partial charge in [-0.3, -0.25) is 19.7 Å². The van der Waals surface area contributed by atoms with Gasteiger partial charge in [-0.15, -0.1) is 0 Å². The molecule has 0 saturated carbocycles. The van der Waals surface area contributed by atoms with Crippen molar-refractivity contribution in [1.29, 1.82) is 0 Å². The van der Waals surface area contributed by atoms with Gasteiger partial charge < -0.3 is 14.7 Å². The summed E-state index contributed by atoms with van der Waals surface area (Å²) in [5.74, 6) is -1.25. The fraction of sp³-hybridized carbons (Fsp3) is 0.429. The summed E-state index contributed by atoms with van der Waals surface area (Å²) in [4.78, 5) is 34.9. The molecule has 0 bridgehead atoms. The van der Waals surface area contributed by atoms with Crippen LogP contribution in [0.25, 0.3) is 0 Å². The van der Waals surface area contributed by atoms with Crippen molar-refractivity contribution in [2.24, 2.45) is 0 Å². The zero-order valence-electron chi connectivity index (χ0n) is 12.0. The van der Waals surface area contributed by atoms with Gasteiger partial charge in [0.1, 0.15) is 0 Å². The lowest BCUT2D eigenvalue weighted by Gasteiger charge is -2.32. The SMILES string of the molecule is Cc1cc([N+](=O)[O-])ccc1C(=O)N1CCOC(CC(=O)O)C1. The number of nitro benzene ring substituents is 1. The number of hydrogen-bond donors (Lipinski definition) is 1. The monoisotopic (exact) mass is 308 g/mol. The number of carbonyl (C=O) groups excluding carboxylic acids is 1. The summed E-state index contributed by atoms with van der Waals surface area (Å²) in [6, 6.07) is 4.06. The van der Waals surface area contributed by atoms with Crippen LogP contribution in [0.3, 0.4) is 0 Å². The Labute approximate surface area is 126 Å². The van der Waals surface area contributed by atoms with Crippen LogP contribution >= 0.6 is 0 Å². The van der Waals surface area contributed by atoms with Crippen LogP contribution in [-0.4, -0.2) is 52.6 Å². The molecule has 1 aromatic rings. The van der Waals surface area contributed by atoms with Gasteiger partial charge in [0.15, 0.2) is 0 Å². The third kappa shape index (κ3) is 3.59. The lowest BCUT2D eigenvalue weighted by Crippen LogP contribution is -2.46. The molecule has 22 heavy (non-hydrogen) atoms. The highest BCUT2D eigenvalue weighted by molar-refractivity contribution is 5.96. The molecule has 8 heteroatoms. The maximum Gasteiger partial charge on any atom is 0.306 e. The third-order valence-electron chi connectivity index (χ3n) is 3.48. The van der Waals surface area contributed by atoms with E-state index in [-0.39, 0.29) is 31.2 Å². The molecule has 1 atom stereocenters. The number of nitrogens with zero attached hydrogens (tertiary/aromatic N) is 2. The highest BCUT2D eigenvalue weighted by atomic mass is 16.6. The van der Waals surface area contributed by atoms with Gasteiger partial charge in [0, 0.05) is 30.8 Å². The van der Waals surface area contributed by atoms with Crippen molar-refractivity contribution in [1.82, 2.24) is 4.90 Å². The Morgan fingerprint density at radius 2 is 2.23 bits per heavy atom. The first-order valence-electron chi connectivity index (χ1n) is 6.76. The van der Waals surface area contributed by atoms with Crippen molar-refractivity contribution in [3.63, 3.8) is 0 Å². The van der Waals surface area contributed by atoms with E-state index in [0.29, 0.717) is 17.7 Å². The molecule has 0 aliphatic carbocycles. The van der Waals surface area contributed by atoms with E-state index in [4.69, 9.17) is 9.84 Å². The lowest BCUT2D eigenvalue weighted by atomic mass is 10.1. The number of aryl methyl sites for hydroxylation is 1. The van der Waals surface area contributed by atoms with Gasteiger partial charge in [-0.25, -0.2) is 0 Å². The van der Waals surface area contributed by atoms with Crippen LogP contribution in [-0.2, 0) is 9.53 Å². The molecule has 1 amide bonds. The van der Waals surface area contributed by atoms with Crippen molar-refractivity contribution in [2.75, 3.05) is 19.7 Å². The van der Waals surface area contributed by atoms with Gasteiger partial charge in [0.05, 0.1) is 24.1 Å². The first-order chi connectivity index (χ1) is 10.4. The second kappa shape index (κ2) is 6.52. The Morgan fingerprint density at radius 3 is 2.82 bits per heavy atom. The van der Waals surface area contributed by atoms with Crippen LogP contribution in [0.1, 0.15) is 22.3 Å². The standard InChI is InChI=1S/C14H16N2O6/c1-9-6-10(16(20)21)2-3-12(9)14(19)15-4-5-22-11(8-15)7-13(17)18/h2-3,6,11H,4-5,7-8H2,1H3,(H,17,18). The zero-order valence-corrected chi connectivity index (χ0v) is 12.0. The van der Waals surface area contributed by atoms with E-state index in [0.717, 1.165) is 0 Å². The Bertz CT molecular complexity index is 615. The highest BCUT2D eigenvalue weighted by Gasteiger charge is 2.27. The summed E-state index contributed by atoms with van der Waals surface area (Å²) in [5.41, 5.74) is 0.821. The number of aliphatic carboxylic acids is 1. The van der Waals surface area contributed by atoms with Crippen LogP contribution in [0, 0.1) is 17.0 Å². The molecular weight excluding hydrogens is 292 g/mol. The number of nitro groups is 1. The molecule has 1 unspecified atom stereocenters. The largest absolute Gasteiger partial charge is 0.481 e. The smallest absolute Gasteiger partial charge is 0.306 e. The number of non-ortho nitro benzene ring substituents is 1. The average Bonchev–Trinajstić information content (AvgIpc) is 2.46. The van der Waals surface area contributed by atoms with Gasteiger partial charge in [-0.05, 0) is 18.6 Å². The number of amides is 1. The number of morpholine rings is 1. The van der Waals surface area contributed by atoms with Gasteiger partial charge in [0.25, 0.3) is 11.6 Å². The molecule has 1 heterocycles. The summed E-state index contributed by atoms with van der Waals surface area (Å²) in [5, 5.41) is 19.5. The molecule has 1 aliphatic rings. The molecule has 1 N–H and O–H groups in total. The summed E-state index contributed by atoms with van der Waals surface area (Å²) < 4.78 is 5.32. The minimum absolute atomic E-state index is 0.0696. The topological polar surface area (TPSA) is 110 Å². The van der Waals surface area contributed by atoms with Crippen molar-refractivity contribution >= 4 is 17.6 Å². The fourth-order valence-corrected chi connectivity index (χ4v) is 2.39. The Kier molecular flexibility index (Phi) is 4.71. The van der Waals surface area contributed by atoms with Crippen LogP contribution < -0.4 is 0 Å². The van der Waals surface area contributed by atoms with E-state index < -0.39 is 17.0 Å². The predicted octanol–water partition coefficient (Wildman–Crippen LogP) is 1.22. The normalized spacial score (nSPS) is 18.0. The van der Waals surface area contributed by atoms with E-state index in [1.807, 2.05) is 0 Å². The van der Waals surface area contributed by atoms with Gasteiger partial charge in [-0.1, -0.05) is 0 Å². The number of carbonyl (C=O) groups is 2. The quantitative estimate of drug-likeness (QED) is 0.661. The van der Waals surface area contributed by atoms with Gasteiger partial charge in [-0.2, -0.15) is 0 Å². The number of carboxylic acid groups (broad SMARTS) is 1. The maximum atomic E-state index is 12.5. The average molecular weight is 308 g/mol. The summed E-state index contributed by atoms with van der Waals surface area (Å²) in [6.45, 7) is 2.47. The van der Waals surface area contributed by atoms with Crippen molar-refractivity contribution in [2.45, 2.75) is 19.4 Å². The minimum atomic E-state index is -0.981. The molecule has 0 radical (unpaired) electrons. The Hall–Kier alpha value is -2.48. The van der Waals surface area contributed by atoms with E-state index in [2.05, 4.69) is 0 Å². The molecule has 118 valence electrons. The third-order valence-corrected chi connectivity index (χ3v) is 3.48. The lowest BCUT2D eigenvalue weighted by molar-refractivity contribution is -0.384. The molecule has 0 aromatic heterocycles. The number of carboxylic acids is 1. The first kappa shape index (κ1) is 15.9. The minimum Gasteiger partial charge on any atom is -0.481 e. The Morgan fingerprint density at radius 1 is 1.50 bits per heavy atom. The van der Waals surface area contributed by atoms with Crippen molar-refractivity contribution < 1.29 is 24.4 Å². The molecular formula is C14H16N2O6. The molecule has 1 aliphatic heterocycles. The number of rotatable bonds is 4. The maximum absolute atomic E-state index is 12.5. The second-order valence-corrected chi connectivity index (χ2v) is 5.10. The Balaban J connectivity index is 2.13. The highest BCUT2D eigenvalue weighted by Crippen LogP contribution is 2.20. The van der Waals surface area contributed by atoms with Crippen LogP contribution in [0.5, 0.6) is 0 Å². The summed E-state index contributed by atoms with van der Waals surface area (Å²) >= 11 is 0. The predicted molar refractivity (Wildman–Crippen MR) is 75.7 cm³/mol. The number of benzene rings is 1. The fourth-order valence-electron chi connectivity index (χ4n) is 2.39. The molecule has 1 fully saturated rings. The second-order valence-electron chi connectivity index (χ2n) is 5.10. The first-order valence-corrected chi connectivity index (χ1v) is 6.76. The molecule has 1 aromatic carbocycles. The molecule has 8 nitrogen and oxygen atoms in total. The van der Waals surface area contributed by atoms with E-state index >= 15 is 0 Å². The zero-order chi connectivity index (χ0) is 16.3. The van der Waals surface area contributed by atoms with Crippen molar-refractivity contribution in [3.8, 4) is 0 Å². The van der Waals surface area contributed by atoms with Gasteiger partial charge >= 0.3 is 5.97 Å². The van der Waals surface area contributed by atoms with Crippen molar-refractivity contribution in [3.05, 3.63) is 39.4 Å². The number of ether oxygens (including phenoxy) is 1. The number of hydrogen-bond acceptors (Lipinski definition) is 5. The van der Waals surface area contributed by atoms with Crippen LogP contribution in [0.4, 0.5) is 5.69 Å². The van der Waals surface area contributed by atoms with Gasteiger partial charge in [0.2, 0.25) is 0 Å². The van der Waals surface area contributed by atoms with E-state index in [1.165, 1.54) is 23.1 Å². The molecule has 2 rings (SSSR count). The van der Waals surface area contributed by atoms with Crippen LogP contribution in [0.2, 0.25) is 0 Å². The van der Waals surface area contributed by atoms with Crippen LogP contribution in [0.15, 0.2) is 18.2 Å². The molecule has 1 saturated heterocycles.